The van der Waals surface area contributed by atoms with Gasteiger partial charge in [0.25, 0.3) is 0 Å². The third-order valence-electron chi connectivity index (χ3n) is 3.90. The van der Waals surface area contributed by atoms with E-state index >= 15 is 0 Å². The lowest BCUT2D eigenvalue weighted by Crippen LogP contribution is -2.40. The van der Waals surface area contributed by atoms with Crippen LogP contribution < -0.4 is 15.4 Å². The summed E-state index contributed by atoms with van der Waals surface area (Å²) in [6, 6.07) is 6.30. The second-order valence-electron chi connectivity index (χ2n) is 5.05. The number of nitrogen functional groups attached to an aromatic ring is 1. The maximum Gasteiger partial charge on any atom is 0.124 e. The minimum Gasteiger partial charge on any atom is -0.497 e. The van der Waals surface area contributed by atoms with Crippen molar-refractivity contribution in [3.8, 4) is 5.75 Å². The minimum absolute atomic E-state index is 0.123. The predicted molar refractivity (Wildman–Crippen MR) is 79.3 cm³/mol. The molecule has 0 amide bonds. The number of nitrogens with zero attached hydrogens (tertiary/aromatic N) is 1. The second-order valence-corrected chi connectivity index (χ2v) is 5.05. The summed E-state index contributed by atoms with van der Waals surface area (Å²) in [4.78, 5) is 2.39. The molecule has 0 spiro atoms. The van der Waals surface area contributed by atoms with E-state index in [-0.39, 0.29) is 5.84 Å². The van der Waals surface area contributed by atoms with Crippen LogP contribution in [0.3, 0.4) is 0 Å². The highest BCUT2D eigenvalue weighted by molar-refractivity contribution is 6.00. The van der Waals surface area contributed by atoms with Crippen LogP contribution in [0.4, 0.5) is 5.69 Å². The lowest BCUT2D eigenvalue weighted by atomic mass is 9.97. The van der Waals surface area contributed by atoms with Gasteiger partial charge in [0.05, 0.1) is 12.8 Å². The van der Waals surface area contributed by atoms with Gasteiger partial charge in [-0.05, 0) is 37.8 Å². The van der Waals surface area contributed by atoms with E-state index in [1.807, 2.05) is 18.2 Å². The number of anilines is 1. The number of benzene rings is 1. The average Bonchev–Trinajstić information content (AvgIpc) is 2.46. The van der Waals surface area contributed by atoms with Crippen LogP contribution in [-0.2, 0) is 0 Å². The van der Waals surface area contributed by atoms with Gasteiger partial charge in [0.2, 0.25) is 0 Å². The van der Waals surface area contributed by atoms with Crippen LogP contribution >= 0.6 is 0 Å². The van der Waals surface area contributed by atoms with Gasteiger partial charge in [0, 0.05) is 24.2 Å². The summed E-state index contributed by atoms with van der Waals surface area (Å²) in [6.07, 6.45) is 4.82. The number of hydrogen-bond acceptors (Lipinski definition) is 3. The Morgan fingerprint density at radius 3 is 2.89 bits per heavy atom. The van der Waals surface area contributed by atoms with Crippen LogP contribution in [0.1, 0.15) is 38.2 Å². The Morgan fingerprint density at radius 1 is 1.47 bits per heavy atom. The number of rotatable bonds is 4. The zero-order valence-corrected chi connectivity index (χ0v) is 11.8. The van der Waals surface area contributed by atoms with E-state index in [1.54, 1.807) is 7.11 Å². The van der Waals surface area contributed by atoms with E-state index in [2.05, 4.69) is 11.8 Å². The first-order valence-corrected chi connectivity index (χ1v) is 6.96. The van der Waals surface area contributed by atoms with E-state index in [0.29, 0.717) is 6.04 Å². The Bertz CT molecular complexity index is 459. The van der Waals surface area contributed by atoms with Crippen molar-refractivity contribution < 1.29 is 4.74 Å². The normalized spacial score (nSPS) is 19.3. The van der Waals surface area contributed by atoms with E-state index in [0.717, 1.165) is 30.0 Å². The average molecular weight is 261 g/mol. The van der Waals surface area contributed by atoms with Crippen molar-refractivity contribution in [2.24, 2.45) is 5.73 Å². The molecule has 1 fully saturated rings. The summed E-state index contributed by atoms with van der Waals surface area (Å²) in [5.41, 5.74) is 7.56. The molecule has 0 bridgehead atoms. The molecule has 3 N–H and O–H groups in total. The van der Waals surface area contributed by atoms with E-state index < -0.39 is 0 Å². The van der Waals surface area contributed by atoms with Crippen LogP contribution in [0.25, 0.3) is 0 Å². The molecule has 4 heteroatoms. The number of hydrogen-bond donors (Lipinski definition) is 2. The summed E-state index contributed by atoms with van der Waals surface area (Å²) in [5.74, 6) is 0.943. The fourth-order valence-electron chi connectivity index (χ4n) is 2.85. The summed E-state index contributed by atoms with van der Waals surface area (Å²) in [6.45, 7) is 3.25. The Labute approximate surface area is 115 Å². The van der Waals surface area contributed by atoms with E-state index in [1.165, 1.54) is 19.3 Å². The van der Waals surface area contributed by atoms with Gasteiger partial charge in [-0.3, -0.25) is 5.41 Å². The highest BCUT2D eigenvalue weighted by Crippen LogP contribution is 2.32. The van der Waals surface area contributed by atoms with Gasteiger partial charge in [0.15, 0.2) is 0 Å². The molecule has 19 heavy (non-hydrogen) atoms. The van der Waals surface area contributed by atoms with Gasteiger partial charge < -0.3 is 15.4 Å². The second kappa shape index (κ2) is 5.95. The Hall–Kier alpha value is -1.71. The molecule has 1 unspecified atom stereocenters. The molecule has 1 aliphatic rings. The third kappa shape index (κ3) is 2.83. The summed E-state index contributed by atoms with van der Waals surface area (Å²) in [5, 5.41) is 7.76. The molecule has 1 aromatic rings. The van der Waals surface area contributed by atoms with Crippen LogP contribution in [0.5, 0.6) is 5.75 Å². The van der Waals surface area contributed by atoms with E-state index in [4.69, 9.17) is 15.9 Å². The summed E-state index contributed by atoms with van der Waals surface area (Å²) >= 11 is 0. The van der Waals surface area contributed by atoms with Gasteiger partial charge in [-0.25, -0.2) is 0 Å². The fraction of sp³-hybridized carbons (Fsp3) is 0.533. The SMILES string of the molecule is CCC1CCCCN1c1cc(OC)ccc1C(=N)N. The van der Waals surface area contributed by atoms with Gasteiger partial charge in [-0.2, -0.15) is 0 Å². The van der Waals surface area contributed by atoms with Crippen LogP contribution in [0.15, 0.2) is 18.2 Å². The lowest BCUT2D eigenvalue weighted by molar-refractivity contribution is 0.413. The zero-order valence-electron chi connectivity index (χ0n) is 11.8. The fourth-order valence-corrected chi connectivity index (χ4v) is 2.85. The monoisotopic (exact) mass is 261 g/mol. The van der Waals surface area contributed by atoms with Crippen molar-refractivity contribution in [3.63, 3.8) is 0 Å². The number of amidine groups is 1. The first-order valence-electron chi connectivity index (χ1n) is 6.96. The number of nitrogens with one attached hydrogen (secondary N) is 1. The number of methoxy groups -OCH3 is 1. The van der Waals surface area contributed by atoms with Crippen LogP contribution in [0.2, 0.25) is 0 Å². The van der Waals surface area contributed by atoms with Gasteiger partial charge >= 0.3 is 0 Å². The molecule has 0 aliphatic carbocycles. The number of piperidine rings is 1. The molecule has 4 nitrogen and oxygen atoms in total. The smallest absolute Gasteiger partial charge is 0.124 e. The molecule has 0 radical (unpaired) electrons. The Morgan fingerprint density at radius 2 is 2.26 bits per heavy atom. The van der Waals surface area contributed by atoms with Crippen molar-refractivity contribution in [2.75, 3.05) is 18.6 Å². The summed E-state index contributed by atoms with van der Waals surface area (Å²) < 4.78 is 5.31. The first-order chi connectivity index (χ1) is 9.17. The summed E-state index contributed by atoms with van der Waals surface area (Å²) in [7, 11) is 1.67. The van der Waals surface area contributed by atoms with Gasteiger partial charge in [-0.1, -0.05) is 6.92 Å². The standard InChI is InChI=1S/C15H23N3O/c1-3-11-6-4-5-9-18(11)14-10-12(19-2)7-8-13(14)15(16)17/h7-8,10-11H,3-6,9H2,1-2H3,(H3,16,17). The minimum atomic E-state index is 0.123. The van der Waals surface area contributed by atoms with Crippen LogP contribution in [-0.4, -0.2) is 25.5 Å². The Balaban J connectivity index is 2.42. The maximum absolute atomic E-state index is 7.76. The predicted octanol–water partition coefficient (Wildman–Crippen LogP) is 2.75. The van der Waals surface area contributed by atoms with Crippen molar-refractivity contribution in [2.45, 2.75) is 38.6 Å². The third-order valence-corrected chi connectivity index (χ3v) is 3.90. The highest BCUT2D eigenvalue weighted by Gasteiger charge is 2.24. The van der Waals surface area contributed by atoms with Crippen molar-refractivity contribution in [1.82, 2.24) is 0 Å². The molecule has 1 atom stereocenters. The van der Waals surface area contributed by atoms with Crippen LogP contribution in [0, 0.1) is 5.41 Å². The molecule has 1 aliphatic heterocycles. The van der Waals surface area contributed by atoms with Crippen molar-refractivity contribution in [1.29, 1.82) is 5.41 Å². The molecular formula is C15H23N3O. The molecule has 2 rings (SSSR count). The quantitative estimate of drug-likeness (QED) is 0.647. The van der Waals surface area contributed by atoms with Gasteiger partial charge in [-0.15, -0.1) is 0 Å². The molecule has 1 saturated heterocycles. The molecule has 0 aromatic heterocycles. The van der Waals surface area contributed by atoms with Crippen molar-refractivity contribution in [3.05, 3.63) is 23.8 Å². The molecule has 1 heterocycles. The maximum atomic E-state index is 7.76. The largest absolute Gasteiger partial charge is 0.497 e. The first kappa shape index (κ1) is 13.7. The topological polar surface area (TPSA) is 62.3 Å². The Kier molecular flexibility index (Phi) is 4.30. The molecule has 104 valence electrons. The lowest BCUT2D eigenvalue weighted by Gasteiger charge is -2.38. The van der Waals surface area contributed by atoms with Gasteiger partial charge in [0.1, 0.15) is 11.6 Å². The number of nitrogens with two attached hydrogens (primary N) is 1. The molecular weight excluding hydrogens is 238 g/mol. The number of ether oxygens (including phenoxy) is 1. The zero-order chi connectivity index (χ0) is 13.8. The molecule has 1 aromatic carbocycles. The van der Waals surface area contributed by atoms with Crippen molar-refractivity contribution >= 4 is 11.5 Å². The van der Waals surface area contributed by atoms with E-state index in [9.17, 15) is 0 Å². The highest BCUT2D eigenvalue weighted by atomic mass is 16.5. The molecule has 0 saturated carbocycles.